The minimum atomic E-state index is -0.524. The van der Waals surface area contributed by atoms with Crippen LogP contribution in [0.15, 0.2) is 12.2 Å². The molecular formula is C34H66O4. The topological polar surface area (TPSA) is 55.8 Å². The van der Waals surface area contributed by atoms with Crippen LogP contribution >= 0.6 is 0 Å². The first kappa shape index (κ1) is 37.1. The van der Waals surface area contributed by atoms with Gasteiger partial charge >= 0.3 is 5.97 Å². The van der Waals surface area contributed by atoms with E-state index in [9.17, 15) is 9.90 Å². The first-order chi connectivity index (χ1) is 18.7. The van der Waals surface area contributed by atoms with Crippen LogP contribution in [0, 0.1) is 0 Å². The Morgan fingerprint density at radius 3 is 1.50 bits per heavy atom. The van der Waals surface area contributed by atoms with E-state index >= 15 is 0 Å². The average molecular weight is 539 g/mol. The van der Waals surface area contributed by atoms with Crippen molar-refractivity contribution < 1.29 is 19.4 Å². The molecule has 226 valence electrons. The molecule has 4 heteroatoms. The molecule has 38 heavy (non-hydrogen) atoms. The minimum Gasteiger partial charge on any atom is -0.457 e. The number of aliphatic hydroxyl groups excluding tert-OH is 1. The quantitative estimate of drug-likeness (QED) is 0.0542. The van der Waals surface area contributed by atoms with E-state index in [1.54, 1.807) is 0 Å². The highest BCUT2D eigenvalue weighted by Crippen LogP contribution is 2.13. The lowest BCUT2D eigenvalue weighted by atomic mass is 10.1. The van der Waals surface area contributed by atoms with Crippen LogP contribution in [0.4, 0.5) is 0 Å². The second-order valence-electron chi connectivity index (χ2n) is 11.2. The van der Waals surface area contributed by atoms with E-state index in [0.717, 1.165) is 19.3 Å². The van der Waals surface area contributed by atoms with E-state index in [0.29, 0.717) is 19.6 Å². The Labute approximate surface area is 237 Å². The van der Waals surface area contributed by atoms with Crippen LogP contribution in [0.1, 0.15) is 174 Å². The first-order valence-electron chi connectivity index (χ1n) is 16.8. The highest BCUT2D eigenvalue weighted by Gasteiger charge is 2.13. The molecule has 0 radical (unpaired) electrons. The van der Waals surface area contributed by atoms with Gasteiger partial charge in [0.05, 0.1) is 13.2 Å². The fourth-order valence-corrected chi connectivity index (χ4v) is 4.79. The lowest BCUT2D eigenvalue weighted by molar-refractivity contribution is -0.154. The summed E-state index contributed by atoms with van der Waals surface area (Å²) in [5.74, 6) is -0.209. The molecule has 0 aromatic heterocycles. The van der Waals surface area contributed by atoms with Gasteiger partial charge in [0.15, 0.2) is 0 Å². The zero-order valence-corrected chi connectivity index (χ0v) is 25.7. The highest BCUT2D eigenvalue weighted by molar-refractivity contribution is 5.69. The van der Waals surface area contributed by atoms with Crippen molar-refractivity contribution >= 4 is 5.97 Å². The molecule has 0 saturated carbocycles. The predicted molar refractivity (Wildman–Crippen MR) is 164 cm³/mol. The molecule has 0 aromatic carbocycles. The lowest BCUT2D eigenvalue weighted by Crippen LogP contribution is -2.27. The first-order valence-corrected chi connectivity index (χ1v) is 16.8. The number of allylic oxidation sites excluding steroid dienone is 2. The summed E-state index contributed by atoms with van der Waals surface area (Å²) in [4.78, 5) is 11.9. The van der Waals surface area contributed by atoms with Crippen molar-refractivity contribution in [2.24, 2.45) is 0 Å². The maximum absolute atomic E-state index is 11.9. The Bertz CT molecular complexity index is 491. The third-order valence-electron chi connectivity index (χ3n) is 7.34. The van der Waals surface area contributed by atoms with E-state index in [1.165, 1.54) is 135 Å². The number of aliphatic hydroxyl groups is 1. The van der Waals surface area contributed by atoms with Gasteiger partial charge in [-0.15, -0.1) is 0 Å². The number of hydrogen-bond acceptors (Lipinski definition) is 4. The van der Waals surface area contributed by atoms with Gasteiger partial charge in [-0.1, -0.05) is 142 Å². The summed E-state index contributed by atoms with van der Waals surface area (Å²) in [6.07, 6.45) is 35.5. The summed E-state index contributed by atoms with van der Waals surface area (Å²) in [7, 11) is 0. The van der Waals surface area contributed by atoms with Crippen LogP contribution in [-0.2, 0) is 14.3 Å². The number of hydrogen-bond donors (Lipinski definition) is 1. The average Bonchev–Trinajstić information content (AvgIpc) is 2.92. The summed E-state index contributed by atoms with van der Waals surface area (Å²) in [5.41, 5.74) is 0. The normalized spacial score (nSPS) is 12.4. The molecule has 0 rings (SSSR count). The van der Waals surface area contributed by atoms with Crippen LogP contribution in [0.25, 0.3) is 0 Å². The van der Waals surface area contributed by atoms with Crippen LogP contribution in [0.2, 0.25) is 0 Å². The molecule has 4 nitrogen and oxygen atoms in total. The Morgan fingerprint density at radius 2 is 1.03 bits per heavy atom. The second-order valence-corrected chi connectivity index (χ2v) is 11.2. The van der Waals surface area contributed by atoms with Crippen molar-refractivity contribution in [3.8, 4) is 0 Å². The molecule has 0 heterocycles. The van der Waals surface area contributed by atoms with E-state index in [4.69, 9.17) is 9.47 Å². The smallest absolute Gasteiger partial charge is 0.306 e. The standard InChI is InChI=1S/C34H66O4/c1-3-5-7-9-11-12-13-14-15-16-17-18-19-20-21-22-23-24-26-28-30-37-32-33(31-35)38-34(36)29-27-25-10-8-6-4-2/h14-15,33,35H,3-13,16-32H2,1-2H3/b15-14-. The van der Waals surface area contributed by atoms with Crippen molar-refractivity contribution in [3.05, 3.63) is 12.2 Å². The number of esters is 1. The van der Waals surface area contributed by atoms with E-state index in [-0.39, 0.29) is 12.6 Å². The maximum Gasteiger partial charge on any atom is 0.306 e. The fourth-order valence-electron chi connectivity index (χ4n) is 4.79. The van der Waals surface area contributed by atoms with Gasteiger partial charge < -0.3 is 14.6 Å². The SMILES string of the molecule is CCCCCCCC/C=C\CCCCCCCCCCCCOCC(CO)OC(=O)CCCCCCCC. The summed E-state index contributed by atoms with van der Waals surface area (Å²) in [6.45, 7) is 5.29. The molecule has 0 saturated heterocycles. The van der Waals surface area contributed by atoms with Crippen LogP contribution in [0.3, 0.4) is 0 Å². The molecule has 0 aliphatic rings. The maximum atomic E-state index is 11.9. The molecular weight excluding hydrogens is 472 g/mol. The third-order valence-corrected chi connectivity index (χ3v) is 7.34. The fraction of sp³-hybridized carbons (Fsp3) is 0.912. The van der Waals surface area contributed by atoms with Crippen molar-refractivity contribution in [3.63, 3.8) is 0 Å². The van der Waals surface area contributed by atoms with Gasteiger partial charge in [-0.3, -0.25) is 4.79 Å². The van der Waals surface area contributed by atoms with Gasteiger partial charge in [-0.2, -0.15) is 0 Å². The van der Waals surface area contributed by atoms with E-state index in [1.807, 2.05) is 0 Å². The van der Waals surface area contributed by atoms with Gasteiger partial charge in [0.25, 0.3) is 0 Å². The Morgan fingerprint density at radius 1 is 0.605 bits per heavy atom. The van der Waals surface area contributed by atoms with Gasteiger partial charge in [-0.25, -0.2) is 0 Å². The van der Waals surface area contributed by atoms with Crippen molar-refractivity contribution in [1.82, 2.24) is 0 Å². The second kappa shape index (κ2) is 32.3. The van der Waals surface area contributed by atoms with Gasteiger partial charge in [-0.05, 0) is 38.5 Å². The number of unbranched alkanes of at least 4 members (excludes halogenated alkanes) is 21. The molecule has 1 atom stereocenters. The van der Waals surface area contributed by atoms with Gasteiger partial charge in [0, 0.05) is 13.0 Å². The summed E-state index contributed by atoms with van der Waals surface area (Å²) < 4.78 is 11.0. The predicted octanol–water partition coefficient (Wildman–Crippen LogP) is 10.3. The highest BCUT2D eigenvalue weighted by atomic mass is 16.6. The van der Waals surface area contributed by atoms with E-state index in [2.05, 4.69) is 26.0 Å². The summed E-state index contributed by atoms with van der Waals surface area (Å²) in [6, 6.07) is 0. The molecule has 0 aliphatic carbocycles. The molecule has 1 unspecified atom stereocenters. The Hall–Kier alpha value is -0.870. The number of rotatable bonds is 31. The number of ether oxygens (including phenoxy) is 2. The summed E-state index contributed by atoms with van der Waals surface area (Å²) >= 11 is 0. The zero-order valence-electron chi connectivity index (χ0n) is 25.7. The van der Waals surface area contributed by atoms with Crippen LogP contribution < -0.4 is 0 Å². The van der Waals surface area contributed by atoms with Crippen LogP contribution in [0.5, 0.6) is 0 Å². The largest absolute Gasteiger partial charge is 0.457 e. The van der Waals surface area contributed by atoms with Crippen LogP contribution in [-0.4, -0.2) is 37.0 Å². The van der Waals surface area contributed by atoms with Gasteiger partial charge in [0.2, 0.25) is 0 Å². The number of carbonyl (C=O) groups excluding carboxylic acids is 1. The van der Waals surface area contributed by atoms with Crippen molar-refractivity contribution in [2.45, 2.75) is 180 Å². The molecule has 0 spiro atoms. The monoisotopic (exact) mass is 538 g/mol. The minimum absolute atomic E-state index is 0.168. The molecule has 0 aliphatic heterocycles. The number of carbonyl (C=O) groups is 1. The summed E-state index contributed by atoms with van der Waals surface area (Å²) in [5, 5.41) is 9.46. The molecule has 0 amide bonds. The third kappa shape index (κ3) is 29.7. The van der Waals surface area contributed by atoms with Gasteiger partial charge in [0.1, 0.15) is 6.10 Å². The van der Waals surface area contributed by atoms with Crippen molar-refractivity contribution in [2.75, 3.05) is 19.8 Å². The molecule has 0 fully saturated rings. The molecule has 1 N–H and O–H groups in total. The van der Waals surface area contributed by atoms with E-state index < -0.39 is 6.10 Å². The lowest BCUT2D eigenvalue weighted by Gasteiger charge is -2.15. The zero-order chi connectivity index (χ0) is 27.8. The van der Waals surface area contributed by atoms with Crippen molar-refractivity contribution in [1.29, 1.82) is 0 Å². The molecule has 0 bridgehead atoms. The molecule has 0 aromatic rings. The Kier molecular flexibility index (Phi) is 31.6. The Balaban J connectivity index is 3.34.